The fraction of sp³-hybridized carbons (Fsp3) is 0.391. The van der Waals surface area contributed by atoms with Crippen LogP contribution in [-0.4, -0.2) is 36.3 Å². The molecule has 0 spiro atoms. The molecule has 2 aliphatic rings. The summed E-state index contributed by atoms with van der Waals surface area (Å²) >= 11 is 0. The molecule has 2 heterocycles. The summed E-state index contributed by atoms with van der Waals surface area (Å²) in [5.74, 6) is 0.589. The molecular formula is C23H27N3O2. The van der Waals surface area contributed by atoms with Crippen LogP contribution in [0, 0.1) is 11.8 Å². The van der Waals surface area contributed by atoms with E-state index in [0.29, 0.717) is 44.8 Å². The minimum absolute atomic E-state index is 0.0231. The lowest BCUT2D eigenvalue weighted by atomic mass is 9.89. The molecule has 5 heteroatoms. The largest absolute Gasteiger partial charge is 0.342 e. The molecule has 28 heavy (non-hydrogen) atoms. The first-order chi connectivity index (χ1) is 13.7. The van der Waals surface area contributed by atoms with Gasteiger partial charge in [-0.25, -0.2) is 0 Å². The highest BCUT2D eigenvalue weighted by molar-refractivity contribution is 5.96. The second kappa shape index (κ2) is 8.15. The maximum Gasteiger partial charge on any atom is 0.227 e. The van der Waals surface area contributed by atoms with E-state index >= 15 is 0 Å². The van der Waals surface area contributed by atoms with Gasteiger partial charge < -0.3 is 16.0 Å². The van der Waals surface area contributed by atoms with Crippen LogP contribution in [0.5, 0.6) is 0 Å². The minimum Gasteiger partial charge on any atom is -0.342 e. The normalized spacial score (nSPS) is 24.0. The Morgan fingerprint density at radius 1 is 1.07 bits per heavy atom. The molecule has 1 saturated heterocycles. The highest BCUT2D eigenvalue weighted by Crippen LogP contribution is 2.33. The number of para-hydroxylation sites is 1. The summed E-state index contributed by atoms with van der Waals surface area (Å²) in [6.07, 6.45) is 1.69. The van der Waals surface area contributed by atoms with Gasteiger partial charge in [0.05, 0.1) is 0 Å². The van der Waals surface area contributed by atoms with E-state index in [2.05, 4.69) is 17.4 Å². The second-order valence-corrected chi connectivity index (χ2v) is 7.90. The fourth-order valence-corrected chi connectivity index (χ4v) is 4.49. The van der Waals surface area contributed by atoms with Gasteiger partial charge in [-0.15, -0.1) is 0 Å². The van der Waals surface area contributed by atoms with Gasteiger partial charge in [0.2, 0.25) is 11.8 Å². The van der Waals surface area contributed by atoms with Crippen molar-refractivity contribution in [2.45, 2.75) is 25.2 Å². The van der Waals surface area contributed by atoms with Gasteiger partial charge in [0, 0.05) is 37.0 Å². The molecule has 0 radical (unpaired) electrons. The van der Waals surface area contributed by atoms with Crippen LogP contribution in [0.25, 0.3) is 0 Å². The molecule has 2 amide bonds. The third kappa shape index (κ3) is 3.80. The van der Waals surface area contributed by atoms with Gasteiger partial charge in [-0.05, 0) is 42.5 Å². The van der Waals surface area contributed by atoms with Crippen LogP contribution >= 0.6 is 0 Å². The van der Waals surface area contributed by atoms with Crippen molar-refractivity contribution in [2.75, 3.05) is 25.0 Å². The average Bonchev–Trinajstić information content (AvgIpc) is 3.17. The summed E-state index contributed by atoms with van der Waals surface area (Å²) in [6, 6.07) is 18.2. The zero-order valence-electron chi connectivity index (χ0n) is 16.0. The summed E-state index contributed by atoms with van der Waals surface area (Å²) in [4.78, 5) is 27.1. The van der Waals surface area contributed by atoms with Crippen LogP contribution in [0.15, 0.2) is 54.6 Å². The Kier molecular flexibility index (Phi) is 5.44. The lowest BCUT2D eigenvalue weighted by Gasteiger charge is -2.25. The molecule has 3 atom stereocenters. The van der Waals surface area contributed by atoms with Gasteiger partial charge >= 0.3 is 0 Å². The Morgan fingerprint density at radius 3 is 2.61 bits per heavy atom. The first kappa shape index (κ1) is 18.7. The van der Waals surface area contributed by atoms with Crippen molar-refractivity contribution in [2.24, 2.45) is 17.6 Å². The molecule has 5 nitrogen and oxygen atoms in total. The Bertz CT molecular complexity index is 852. The molecule has 0 saturated carbocycles. The topological polar surface area (TPSA) is 75.4 Å². The summed E-state index contributed by atoms with van der Waals surface area (Å²) in [5, 5.41) is 2.97. The third-order valence-electron chi connectivity index (χ3n) is 6.14. The van der Waals surface area contributed by atoms with E-state index in [0.717, 1.165) is 11.3 Å². The zero-order chi connectivity index (χ0) is 19.5. The van der Waals surface area contributed by atoms with E-state index in [-0.39, 0.29) is 23.7 Å². The van der Waals surface area contributed by atoms with Crippen LogP contribution in [-0.2, 0) is 16.0 Å². The smallest absolute Gasteiger partial charge is 0.227 e. The standard InChI is InChI=1S/C23H27N3O2/c24-13-19-14-26(15-20(19)16-6-2-1-3-7-16)22(27)11-10-18-12-17-8-4-5-9-21(17)25-23(18)28/h1-9,18-20H,10-15,24H2,(H,25,28)/t18?,19-,20+/m1/s1. The number of hydrogen-bond acceptors (Lipinski definition) is 3. The number of fused-ring (bicyclic) bond motifs is 1. The van der Waals surface area contributed by atoms with E-state index in [1.165, 1.54) is 5.56 Å². The number of hydrogen-bond donors (Lipinski definition) is 2. The van der Waals surface area contributed by atoms with Crippen molar-refractivity contribution < 1.29 is 9.59 Å². The predicted octanol–water partition coefficient (Wildman–Crippen LogP) is 2.78. The molecule has 146 valence electrons. The van der Waals surface area contributed by atoms with E-state index in [4.69, 9.17) is 5.73 Å². The molecule has 0 aliphatic carbocycles. The molecule has 2 aliphatic heterocycles. The van der Waals surface area contributed by atoms with Gasteiger partial charge in [0.25, 0.3) is 0 Å². The SMILES string of the molecule is NC[C@@H]1CN(C(=O)CCC2Cc3ccccc3NC2=O)C[C@H]1c1ccccc1. The summed E-state index contributed by atoms with van der Waals surface area (Å²) in [6.45, 7) is 1.99. The van der Waals surface area contributed by atoms with Crippen molar-refractivity contribution in [1.82, 2.24) is 4.90 Å². The zero-order valence-corrected chi connectivity index (χ0v) is 16.0. The summed E-state index contributed by atoms with van der Waals surface area (Å²) in [5.41, 5.74) is 9.27. The number of carbonyl (C=O) groups excluding carboxylic acids is 2. The maximum absolute atomic E-state index is 12.8. The minimum atomic E-state index is -0.142. The van der Waals surface area contributed by atoms with E-state index in [9.17, 15) is 9.59 Å². The number of nitrogens with one attached hydrogen (secondary N) is 1. The van der Waals surface area contributed by atoms with Crippen LogP contribution in [0.1, 0.15) is 29.9 Å². The van der Waals surface area contributed by atoms with Crippen molar-refractivity contribution in [3.05, 3.63) is 65.7 Å². The molecular weight excluding hydrogens is 350 g/mol. The number of likely N-dealkylation sites (tertiary alicyclic amines) is 1. The second-order valence-electron chi connectivity index (χ2n) is 7.90. The quantitative estimate of drug-likeness (QED) is 0.841. The van der Waals surface area contributed by atoms with Crippen molar-refractivity contribution in [3.8, 4) is 0 Å². The molecule has 2 aromatic rings. The van der Waals surface area contributed by atoms with Crippen LogP contribution in [0.2, 0.25) is 0 Å². The Labute approximate surface area is 165 Å². The number of anilines is 1. The monoisotopic (exact) mass is 377 g/mol. The predicted molar refractivity (Wildman–Crippen MR) is 110 cm³/mol. The molecule has 1 unspecified atom stereocenters. The fourth-order valence-electron chi connectivity index (χ4n) is 4.49. The first-order valence-corrected chi connectivity index (χ1v) is 10.1. The van der Waals surface area contributed by atoms with Crippen LogP contribution in [0.4, 0.5) is 5.69 Å². The number of rotatable bonds is 5. The van der Waals surface area contributed by atoms with Crippen molar-refractivity contribution in [1.29, 1.82) is 0 Å². The van der Waals surface area contributed by atoms with E-state index < -0.39 is 0 Å². The van der Waals surface area contributed by atoms with Gasteiger partial charge in [0.15, 0.2) is 0 Å². The van der Waals surface area contributed by atoms with Crippen LogP contribution in [0.3, 0.4) is 0 Å². The van der Waals surface area contributed by atoms with E-state index in [1.807, 2.05) is 47.4 Å². The van der Waals surface area contributed by atoms with Gasteiger partial charge in [0.1, 0.15) is 0 Å². The number of carbonyl (C=O) groups is 2. The number of nitrogens with zero attached hydrogens (tertiary/aromatic N) is 1. The molecule has 1 fully saturated rings. The van der Waals surface area contributed by atoms with Gasteiger partial charge in [-0.2, -0.15) is 0 Å². The third-order valence-corrected chi connectivity index (χ3v) is 6.14. The summed E-state index contributed by atoms with van der Waals surface area (Å²) in [7, 11) is 0. The Balaban J connectivity index is 1.36. The van der Waals surface area contributed by atoms with Gasteiger partial charge in [-0.1, -0.05) is 48.5 Å². The van der Waals surface area contributed by atoms with Gasteiger partial charge in [-0.3, -0.25) is 9.59 Å². The Morgan fingerprint density at radius 2 is 1.82 bits per heavy atom. The van der Waals surface area contributed by atoms with E-state index in [1.54, 1.807) is 0 Å². The highest BCUT2D eigenvalue weighted by Gasteiger charge is 2.35. The van der Waals surface area contributed by atoms with Crippen molar-refractivity contribution in [3.63, 3.8) is 0 Å². The number of amides is 2. The lowest BCUT2D eigenvalue weighted by Crippen LogP contribution is -2.33. The maximum atomic E-state index is 12.8. The molecule has 2 aromatic carbocycles. The average molecular weight is 377 g/mol. The molecule has 0 bridgehead atoms. The molecule has 3 N–H and O–H groups in total. The summed E-state index contributed by atoms with van der Waals surface area (Å²) < 4.78 is 0. The van der Waals surface area contributed by atoms with Crippen LogP contribution < -0.4 is 11.1 Å². The number of nitrogens with two attached hydrogens (primary N) is 1. The molecule has 0 aromatic heterocycles. The number of benzene rings is 2. The first-order valence-electron chi connectivity index (χ1n) is 10.1. The Hall–Kier alpha value is -2.66. The molecule has 4 rings (SSSR count). The lowest BCUT2D eigenvalue weighted by molar-refractivity contribution is -0.130. The van der Waals surface area contributed by atoms with Crippen molar-refractivity contribution >= 4 is 17.5 Å². The highest BCUT2D eigenvalue weighted by atomic mass is 16.2.